The van der Waals surface area contributed by atoms with Crippen molar-refractivity contribution in [3.63, 3.8) is 0 Å². The highest BCUT2D eigenvalue weighted by molar-refractivity contribution is 5.00. The van der Waals surface area contributed by atoms with Crippen LogP contribution in [0.1, 0.15) is 44.9 Å². The highest BCUT2D eigenvalue weighted by Crippen LogP contribution is 2.48. The molecule has 1 N–H and O–H groups in total. The molecule has 0 aromatic rings. The second-order valence-corrected chi connectivity index (χ2v) is 6.20. The molecule has 3 fully saturated rings. The SMILES string of the molecule is OC1CCC(CN2CC3(CCC3)C2)CC1. The molecule has 0 unspecified atom stereocenters. The van der Waals surface area contributed by atoms with Gasteiger partial charge in [-0.1, -0.05) is 6.42 Å². The Kier molecular flexibility index (Phi) is 2.52. The topological polar surface area (TPSA) is 23.5 Å². The van der Waals surface area contributed by atoms with E-state index in [0.29, 0.717) is 0 Å². The third-order valence-corrected chi connectivity index (χ3v) is 4.86. The van der Waals surface area contributed by atoms with Crippen molar-refractivity contribution in [1.29, 1.82) is 0 Å². The molecule has 1 spiro atoms. The Hall–Kier alpha value is -0.0800. The molecule has 0 amide bonds. The lowest BCUT2D eigenvalue weighted by Gasteiger charge is -2.57. The van der Waals surface area contributed by atoms with E-state index in [2.05, 4.69) is 4.90 Å². The van der Waals surface area contributed by atoms with Crippen LogP contribution >= 0.6 is 0 Å². The van der Waals surface area contributed by atoms with E-state index < -0.39 is 0 Å². The number of rotatable bonds is 2. The largest absolute Gasteiger partial charge is 0.393 e. The number of aliphatic hydroxyl groups excluding tert-OH is 1. The van der Waals surface area contributed by atoms with E-state index >= 15 is 0 Å². The molecular formula is C13H23NO. The first-order valence-corrected chi connectivity index (χ1v) is 6.66. The van der Waals surface area contributed by atoms with Gasteiger partial charge < -0.3 is 10.0 Å². The molecule has 2 heteroatoms. The number of likely N-dealkylation sites (tertiary alicyclic amines) is 1. The standard InChI is InChI=1S/C13H23NO/c15-12-4-2-11(3-5-12)8-14-9-13(10-14)6-1-7-13/h11-12,15H,1-10H2. The zero-order valence-electron chi connectivity index (χ0n) is 9.62. The Morgan fingerprint density at radius 2 is 1.73 bits per heavy atom. The third kappa shape index (κ3) is 1.94. The maximum atomic E-state index is 9.45. The van der Waals surface area contributed by atoms with Crippen LogP contribution in [0.25, 0.3) is 0 Å². The van der Waals surface area contributed by atoms with Gasteiger partial charge in [0.15, 0.2) is 0 Å². The van der Waals surface area contributed by atoms with Crippen molar-refractivity contribution in [2.45, 2.75) is 51.0 Å². The van der Waals surface area contributed by atoms with Gasteiger partial charge in [0, 0.05) is 19.6 Å². The van der Waals surface area contributed by atoms with Gasteiger partial charge in [-0.05, 0) is 49.9 Å². The van der Waals surface area contributed by atoms with Gasteiger partial charge in [-0.25, -0.2) is 0 Å². The predicted octanol–water partition coefficient (Wildman–Crippen LogP) is 2.02. The molecule has 0 aromatic carbocycles. The zero-order valence-corrected chi connectivity index (χ0v) is 9.62. The lowest BCUT2D eigenvalue weighted by Crippen LogP contribution is -2.60. The van der Waals surface area contributed by atoms with Gasteiger partial charge in [0.2, 0.25) is 0 Å². The van der Waals surface area contributed by atoms with E-state index in [-0.39, 0.29) is 6.10 Å². The average Bonchev–Trinajstić information content (AvgIpc) is 2.10. The molecule has 3 aliphatic rings. The minimum Gasteiger partial charge on any atom is -0.393 e. The molecule has 2 saturated carbocycles. The smallest absolute Gasteiger partial charge is 0.0540 e. The average molecular weight is 209 g/mol. The summed E-state index contributed by atoms with van der Waals surface area (Å²) in [4.78, 5) is 2.65. The summed E-state index contributed by atoms with van der Waals surface area (Å²) < 4.78 is 0. The molecule has 1 saturated heterocycles. The van der Waals surface area contributed by atoms with Gasteiger partial charge in [-0.2, -0.15) is 0 Å². The maximum Gasteiger partial charge on any atom is 0.0540 e. The summed E-state index contributed by atoms with van der Waals surface area (Å²) in [7, 11) is 0. The summed E-state index contributed by atoms with van der Waals surface area (Å²) >= 11 is 0. The van der Waals surface area contributed by atoms with Crippen LogP contribution in [0.2, 0.25) is 0 Å². The molecule has 3 rings (SSSR count). The molecule has 1 aliphatic heterocycles. The van der Waals surface area contributed by atoms with Crippen LogP contribution in [0.4, 0.5) is 0 Å². The van der Waals surface area contributed by atoms with E-state index in [4.69, 9.17) is 0 Å². The molecule has 0 atom stereocenters. The molecule has 86 valence electrons. The number of hydrogen-bond donors (Lipinski definition) is 1. The van der Waals surface area contributed by atoms with Crippen LogP contribution in [0.15, 0.2) is 0 Å². The number of aliphatic hydroxyl groups is 1. The van der Waals surface area contributed by atoms with Crippen molar-refractivity contribution in [1.82, 2.24) is 4.90 Å². The summed E-state index contributed by atoms with van der Waals surface area (Å²) in [6.45, 7) is 4.08. The summed E-state index contributed by atoms with van der Waals surface area (Å²) in [6, 6.07) is 0. The fourth-order valence-corrected chi connectivity index (χ4v) is 3.72. The van der Waals surface area contributed by atoms with Crippen molar-refractivity contribution in [3.05, 3.63) is 0 Å². The Morgan fingerprint density at radius 1 is 1.07 bits per heavy atom. The van der Waals surface area contributed by atoms with Crippen LogP contribution < -0.4 is 0 Å². The van der Waals surface area contributed by atoms with Crippen molar-refractivity contribution in [3.8, 4) is 0 Å². The first-order valence-electron chi connectivity index (χ1n) is 6.66. The number of hydrogen-bond acceptors (Lipinski definition) is 2. The van der Waals surface area contributed by atoms with Gasteiger partial charge in [0.25, 0.3) is 0 Å². The van der Waals surface area contributed by atoms with Crippen molar-refractivity contribution in [2.24, 2.45) is 11.3 Å². The van der Waals surface area contributed by atoms with E-state index in [1.165, 1.54) is 51.7 Å². The highest BCUT2D eigenvalue weighted by atomic mass is 16.3. The molecule has 0 bridgehead atoms. The van der Waals surface area contributed by atoms with Gasteiger partial charge >= 0.3 is 0 Å². The Balaban J connectivity index is 1.40. The van der Waals surface area contributed by atoms with Crippen LogP contribution in [0.5, 0.6) is 0 Å². The van der Waals surface area contributed by atoms with Gasteiger partial charge in [0.1, 0.15) is 0 Å². The Morgan fingerprint density at radius 3 is 2.27 bits per heavy atom. The third-order valence-electron chi connectivity index (χ3n) is 4.86. The van der Waals surface area contributed by atoms with E-state index in [0.717, 1.165) is 24.2 Å². The molecule has 0 aromatic heterocycles. The van der Waals surface area contributed by atoms with Crippen molar-refractivity contribution < 1.29 is 5.11 Å². The zero-order chi connectivity index (χ0) is 10.3. The summed E-state index contributed by atoms with van der Waals surface area (Å²) in [5.74, 6) is 0.880. The normalized spacial score (nSPS) is 39.8. The molecule has 2 aliphatic carbocycles. The van der Waals surface area contributed by atoms with Gasteiger partial charge in [-0.15, -0.1) is 0 Å². The number of nitrogens with zero attached hydrogens (tertiary/aromatic N) is 1. The second-order valence-electron chi connectivity index (χ2n) is 6.20. The highest BCUT2D eigenvalue weighted by Gasteiger charge is 2.47. The molecule has 15 heavy (non-hydrogen) atoms. The molecule has 1 heterocycles. The van der Waals surface area contributed by atoms with E-state index in [9.17, 15) is 5.11 Å². The van der Waals surface area contributed by atoms with E-state index in [1.807, 2.05) is 0 Å². The summed E-state index contributed by atoms with van der Waals surface area (Å²) in [5, 5.41) is 9.45. The monoisotopic (exact) mass is 209 g/mol. The van der Waals surface area contributed by atoms with Crippen LogP contribution in [0, 0.1) is 11.3 Å². The van der Waals surface area contributed by atoms with Crippen LogP contribution in [0.3, 0.4) is 0 Å². The summed E-state index contributed by atoms with van der Waals surface area (Å²) in [6.07, 6.45) is 9.07. The fraction of sp³-hybridized carbons (Fsp3) is 1.00. The predicted molar refractivity (Wildman–Crippen MR) is 60.7 cm³/mol. The fourth-order valence-electron chi connectivity index (χ4n) is 3.72. The van der Waals surface area contributed by atoms with Gasteiger partial charge in [0.05, 0.1) is 6.10 Å². The minimum absolute atomic E-state index is 0.00983. The van der Waals surface area contributed by atoms with Crippen LogP contribution in [-0.4, -0.2) is 35.7 Å². The molecule has 0 radical (unpaired) electrons. The van der Waals surface area contributed by atoms with E-state index in [1.54, 1.807) is 0 Å². The Labute approximate surface area is 92.7 Å². The van der Waals surface area contributed by atoms with Crippen molar-refractivity contribution in [2.75, 3.05) is 19.6 Å². The second kappa shape index (κ2) is 3.74. The van der Waals surface area contributed by atoms with Crippen molar-refractivity contribution >= 4 is 0 Å². The minimum atomic E-state index is 0.00983. The Bertz CT molecular complexity index is 221. The first kappa shape index (κ1) is 10.1. The summed E-state index contributed by atoms with van der Waals surface area (Å²) in [5.41, 5.74) is 0.786. The lowest BCUT2D eigenvalue weighted by atomic mass is 9.63. The lowest BCUT2D eigenvalue weighted by molar-refractivity contribution is -0.0704. The molecule has 2 nitrogen and oxygen atoms in total. The maximum absolute atomic E-state index is 9.45. The molecular weight excluding hydrogens is 186 g/mol. The first-order chi connectivity index (χ1) is 7.26. The van der Waals surface area contributed by atoms with Crippen LogP contribution in [-0.2, 0) is 0 Å². The quantitative estimate of drug-likeness (QED) is 0.752. The van der Waals surface area contributed by atoms with Gasteiger partial charge in [-0.3, -0.25) is 0 Å².